The van der Waals surface area contributed by atoms with Crippen LogP contribution in [-0.4, -0.2) is 96.7 Å². The van der Waals surface area contributed by atoms with E-state index in [1.807, 2.05) is 0 Å². The Bertz CT molecular complexity index is 1800. The van der Waals surface area contributed by atoms with E-state index in [0.717, 1.165) is 102 Å². The summed E-state index contributed by atoms with van der Waals surface area (Å²) in [6.07, 6.45) is 45.0. The number of unbranched alkanes of at least 4 members (excludes halogenated alkanes) is 35. The first-order valence-electron chi connectivity index (χ1n) is 37.2. The van der Waals surface area contributed by atoms with Crippen molar-refractivity contribution in [3.05, 3.63) is 0 Å². The number of phosphoric acid groups is 2. The molecule has 0 aromatic heterocycles. The Morgan fingerprint density at radius 2 is 0.462 bits per heavy atom. The molecule has 0 saturated carbocycles. The van der Waals surface area contributed by atoms with Crippen LogP contribution in [0, 0.1) is 23.7 Å². The van der Waals surface area contributed by atoms with Gasteiger partial charge in [-0.25, -0.2) is 9.13 Å². The van der Waals surface area contributed by atoms with Gasteiger partial charge in [0.25, 0.3) is 0 Å². The standard InChI is InChI=1S/C72H140O17P2/c1-62(2)48-40-32-24-19-17-15-13-11-9-10-12-14-16-18-20-27-36-44-52-69(74)82-58-67(88-71(76)54-46-38-29-23-26-34-42-50-64(5)6)60-86-90(78,79)84-56-66(73)57-85-91(80,81)87-61-68(89-72(77)55-47-39-31-30-35-43-51-65(7)8)59-83-70(75)53-45-37-28-22-21-25-33-41-49-63(3)4/h62-68,73H,9-61H2,1-8H3,(H,78,79)(H,80,81)/t66?,67-,68-/m1/s1. The summed E-state index contributed by atoms with van der Waals surface area (Å²) >= 11 is 0. The number of phosphoric ester groups is 2. The van der Waals surface area contributed by atoms with Crippen LogP contribution in [-0.2, 0) is 65.4 Å². The molecule has 0 aromatic rings. The quantitative estimate of drug-likeness (QED) is 0.0222. The Kier molecular flexibility index (Phi) is 60.3. The Labute approximate surface area is 556 Å². The zero-order chi connectivity index (χ0) is 67.5. The molecule has 3 N–H and O–H groups in total. The smallest absolute Gasteiger partial charge is 0.462 e. The normalized spacial score (nSPS) is 14.2. The van der Waals surface area contributed by atoms with Gasteiger partial charge in [-0.2, -0.15) is 0 Å². The Hall–Kier alpha value is -1.94. The molecule has 3 unspecified atom stereocenters. The molecule has 0 saturated heterocycles. The number of carbonyl (C=O) groups is 4. The van der Waals surface area contributed by atoms with Gasteiger partial charge in [0.1, 0.15) is 19.3 Å². The molecule has 0 bridgehead atoms. The van der Waals surface area contributed by atoms with E-state index < -0.39 is 97.5 Å². The second-order valence-electron chi connectivity index (χ2n) is 27.9. The molecule has 0 amide bonds. The van der Waals surface area contributed by atoms with E-state index in [1.165, 1.54) is 161 Å². The summed E-state index contributed by atoms with van der Waals surface area (Å²) in [7, 11) is -9.90. The minimum Gasteiger partial charge on any atom is -0.462 e. The van der Waals surface area contributed by atoms with E-state index >= 15 is 0 Å². The molecular weight excluding hydrogens is 1200 g/mol. The first-order valence-corrected chi connectivity index (χ1v) is 40.2. The SMILES string of the molecule is CC(C)CCCCCCCCCCCCCCCCCCCCC(=O)OC[C@H](COP(=O)(O)OCC(O)COP(=O)(O)OC[C@@H](COC(=O)CCCCCCCCCCC(C)C)OC(=O)CCCCCCCCC(C)C)OC(=O)CCCCCCCCCC(C)C. The summed E-state index contributed by atoms with van der Waals surface area (Å²) in [6.45, 7) is 14.0. The lowest BCUT2D eigenvalue weighted by atomic mass is 10.0. The van der Waals surface area contributed by atoms with E-state index in [-0.39, 0.29) is 25.7 Å². The Morgan fingerprint density at radius 1 is 0.275 bits per heavy atom. The summed E-state index contributed by atoms with van der Waals surface area (Å²) < 4.78 is 68.2. The number of carbonyl (C=O) groups excluding carboxylic acids is 4. The number of aliphatic hydroxyl groups is 1. The second-order valence-corrected chi connectivity index (χ2v) is 30.8. The highest BCUT2D eigenvalue weighted by Crippen LogP contribution is 2.45. The van der Waals surface area contributed by atoms with Crippen LogP contribution in [0.2, 0.25) is 0 Å². The van der Waals surface area contributed by atoms with E-state index in [9.17, 15) is 43.2 Å². The summed E-state index contributed by atoms with van der Waals surface area (Å²) in [5.74, 6) is 0.779. The molecule has 0 aliphatic carbocycles. The highest BCUT2D eigenvalue weighted by atomic mass is 31.2. The number of hydrogen-bond donors (Lipinski definition) is 3. The number of rotatable bonds is 69. The van der Waals surface area contributed by atoms with Crippen molar-refractivity contribution in [1.82, 2.24) is 0 Å². The maximum absolute atomic E-state index is 13.0. The molecule has 0 fully saturated rings. The lowest BCUT2D eigenvalue weighted by Gasteiger charge is -2.21. The number of hydrogen-bond acceptors (Lipinski definition) is 15. The van der Waals surface area contributed by atoms with Crippen molar-refractivity contribution in [3.8, 4) is 0 Å². The van der Waals surface area contributed by atoms with Crippen molar-refractivity contribution in [3.63, 3.8) is 0 Å². The summed E-state index contributed by atoms with van der Waals surface area (Å²) in [5, 5.41) is 10.6. The maximum Gasteiger partial charge on any atom is 0.472 e. The largest absolute Gasteiger partial charge is 0.472 e. The van der Waals surface area contributed by atoms with E-state index in [0.29, 0.717) is 37.5 Å². The van der Waals surface area contributed by atoms with Gasteiger partial charge in [0.05, 0.1) is 26.4 Å². The van der Waals surface area contributed by atoms with Gasteiger partial charge in [-0.3, -0.25) is 37.3 Å². The molecule has 17 nitrogen and oxygen atoms in total. The summed E-state index contributed by atoms with van der Waals surface area (Å²) in [4.78, 5) is 72.5. The van der Waals surface area contributed by atoms with Crippen molar-refractivity contribution >= 4 is 39.5 Å². The van der Waals surface area contributed by atoms with Gasteiger partial charge in [0, 0.05) is 25.7 Å². The van der Waals surface area contributed by atoms with Gasteiger partial charge in [-0.05, 0) is 49.4 Å². The van der Waals surface area contributed by atoms with Crippen molar-refractivity contribution in [1.29, 1.82) is 0 Å². The third-order valence-corrected chi connectivity index (χ3v) is 18.5. The summed E-state index contributed by atoms with van der Waals surface area (Å²) in [6, 6.07) is 0. The fraction of sp³-hybridized carbons (Fsp3) is 0.944. The van der Waals surface area contributed by atoms with Crippen LogP contribution in [0.3, 0.4) is 0 Å². The van der Waals surface area contributed by atoms with Crippen molar-refractivity contribution in [2.75, 3.05) is 39.6 Å². The average Bonchev–Trinajstić information content (AvgIpc) is 3.63. The van der Waals surface area contributed by atoms with Gasteiger partial charge in [0.15, 0.2) is 12.2 Å². The molecule has 5 atom stereocenters. The molecule has 0 spiro atoms. The van der Waals surface area contributed by atoms with Crippen LogP contribution < -0.4 is 0 Å². The molecule has 0 aliphatic heterocycles. The topological polar surface area (TPSA) is 237 Å². The Balaban J connectivity index is 5.11. The minimum absolute atomic E-state index is 0.101. The van der Waals surface area contributed by atoms with Crippen LogP contribution in [0.15, 0.2) is 0 Å². The van der Waals surface area contributed by atoms with Gasteiger partial charge in [-0.1, -0.05) is 306 Å². The zero-order valence-electron chi connectivity index (χ0n) is 59.5. The average molecular weight is 1340 g/mol. The monoisotopic (exact) mass is 1340 g/mol. The third-order valence-electron chi connectivity index (χ3n) is 16.6. The highest BCUT2D eigenvalue weighted by molar-refractivity contribution is 7.47. The molecule has 91 heavy (non-hydrogen) atoms. The summed E-state index contributed by atoms with van der Waals surface area (Å²) in [5.41, 5.74) is 0. The molecule has 0 aromatic carbocycles. The maximum atomic E-state index is 13.0. The number of ether oxygens (including phenoxy) is 4. The van der Waals surface area contributed by atoms with Gasteiger partial charge < -0.3 is 33.8 Å². The van der Waals surface area contributed by atoms with Crippen molar-refractivity contribution in [2.45, 2.75) is 375 Å². The predicted octanol–water partition coefficient (Wildman–Crippen LogP) is 20.5. The molecule has 0 radical (unpaired) electrons. The molecular formula is C72H140O17P2. The van der Waals surface area contributed by atoms with E-state index in [4.69, 9.17) is 37.0 Å². The molecule has 0 rings (SSSR count). The second kappa shape index (κ2) is 61.6. The first-order chi connectivity index (χ1) is 43.6. The van der Waals surface area contributed by atoms with E-state index in [2.05, 4.69) is 55.4 Å². The Morgan fingerprint density at radius 3 is 0.681 bits per heavy atom. The van der Waals surface area contributed by atoms with Gasteiger partial charge in [0.2, 0.25) is 0 Å². The van der Waals surface area contributed by atoms with Gasteiger partial charge in [-0.15, -0.1) is 0 Å². The van der Waals surface area contributed by atoms with Crippen molar-refractivity contribution in [2.24, 2.45) is 23.7 Å². The molecule has 0 aliphatic rings. The van der Waals surface area contributed by atoms with Gasteiger partial charge >= 0.3 is 39.5 Å². The number of esters is 4. The molecule has 0 heterocycles. The number of aliphatic hydroxyl groups excluding tert-OH is 1. The fourth-order valence-corrected chi connectivity index (χ4v) is 12.4. The van der Waals surface area contributed by atoms with Crippen molar-refractivity contribution < 1.29 is 80.2 Å². The third kappa shape index (κ3) is 66.5. The molecule has 540 valence electrons. The highest BCUT2D eigenvalue weighted by Gasteiger charge is 2.30. The van der Waals surface area contributed by atoms with Crippen LogP contribution in [0.25, 0.3) is 0 Å². The van der Waals surface area contributed by atoms with Crippen LogP contribution in [0.4, 0.5) is 0 Å². The predicted molar refractivity (Wildman–Crippen MR) is 367 cm³/mol. The fourth-order valence-electron chi connectivity index (χ4n) is 10.8. The minimum atomic E-state index is -4.95. The first kappa shape index (κ1) is 89.1. The lowest BCUT2D eigenvalue weighted by Crippen LogP contribution is -2.30. The zero-order valence-corrected chi connectivity index (χ0v) is 61.3. The lowest BCUT2D eigenvalue weighted by molar-refractivity contribution is -0.161. The van der Waals surface area contributed by atoms with Crippen LogP contribution >= 0.6 is 15.6 Å². The van der Waals surface area contributed by atoms with Crippen LogP contribution in [0.5, 0.6) is 0 Å². The van der Waals surface area contributed by atoms with Crippen LogP contribution in [0.1, 0.15) is 357 Å². The molecule has 19 heteroatoms. The van der Waals surface area contributed by atoms with E-state index in [1.54, 1.807) is 0 Å².